The lowest BCUT2D eigenvalue weighted by atomic mass is 9.94. The van der Waals surface area contributed by atoms with Crippen LogP contribution in [0.25, 0.3) is 0 Å². The fourth-order valence-corrected chi connectivity index (χ4v) is 3.58. The number of hydrogen-bond acceptors (Lipinski definition) is 2. The molecule has 1 N–H and O–H groups in total. The number of nitrogens with one attached hydrogen (secondary N) is 1. The second kappa shape index (κ2) is 8.43. The minimum Gasteiger partial charge on any atom is -0.374 e. The van der Waals surface area contributed by atoms with Crippen molar-refractivity contribution in [3.8, 4) is 0 Å². The maximum Gasteiger partial charge on any atom is 0.0363 e. The molecule has 1 saturated carbocycles. The Balaban J connectivity index is 1.99. The average Bonchev–Trinajstić information content (AvgIpc) is 2.73. The van der Waals surface area contributed by atoms with Crippen molar-refractivity contribution in [2.24, 2.45) is 5.92 Å². The zero-order valence-electron chi connectivity index (χ0n) is 14.1. The van der Waals surface area contributed by atoms with Crippen molar-refractivity contribution in [2.75, 3.05) is 25.0 Å². The summed E-state index contributed by atoms with van der Waals surface area (Å²) in [5, 5.41) is 3.72. The fourth-order valence-electron chi connectivity index (χ4n) is 3.58. The third-order valence-corrected chi connectivity index (χ3v) is 4.92. The standard InChI is InChI=1S/C19H32N2/c1-4-16-11-13-18(14-12-16)21(3)15-17-9-7-6-8-10-19(17)20-5-2/h11-14,17,19-20H,4-10,15H2,1-3H3. The molecule has 1 fully saturated rings. The molecule has 2 rings (SSSR count). The van der Waals surface area contributed by atoms with E-state index in [2.05, 4.69) is 55.4 Å². The largest absolute Gasteiger partial charge is 0.374 e. The van der Waals surface area contributed by atoms with Crippen molar-refractivity contribution in [3.63, 3.8) is 0 Å². The summed E-state index contributed by atoms with van der Waals surface area (Å²) >= 11 is 0. The third kappa shape index (κ3) is 4.74. The van der Waals surface area contributed by atoms with E-state index in [-0.39, 0.29) is 0 Å². The summed E-state index contributed by atoms with van der Waals surface area (Å²) in [4.78, 5) is 2.44. The first-order valence-corrected chi connectivity index (χ1v) is 8.78. The highest BCUT2D eigenvalue weighted by atomic mass is 15.1. The first-order valence-electron chi connectivity index (χ1n) is 8.78. The summed E-state index contributed by atoms with van der Waals surface area (Å²) in [6, 6.07) is 9.78. The van der Waals surface area contributed by atoms with Gasteiger partial charge in [-0.2, -0.15) is 0 Å². The quantitative estimate of drug-likeness (QED) is 0.788. The lowest BCUT2D eigenvalue weighted by Crippen LogP contribution is -2.41. The molecule has 1 aliphatic carbocycles. The summed E-state index contributed by atoms with van der Waals surface area (Å²) in [5.41, 5.74) is 2.78. The van der Waals surface area contributed by atoms with Crippen LogP contribution in [0.5, 0.6) is 0 Å². The van der Waals surface area contributed by atoms with Crippen LogP contribution < -0.4 is 10.2 Å². The van der Waals surface area contributed by atoms with Crippen LogP contribution in [0.1, 0.15) is 51.5 Å². The average molecular weight is 288 g/mol. The van der Waals surface area contributed by atoms with Crippen molar-refractivity contribution in [1.29, 1.82) is 0 Å². The number of anilines is 1. The Morgan fingerprint density at radius 1 is 1.05 bits per heavy atom. The molecule has 21 heavy (non-hydrogen) atoms. The predicted molar refractivity (Wildman–Crippen MR) is 93.1 cm³/mol. The molecule has 1 aromatic rings. The van der Waals surface area contributed by atoms with Gasteiger partial charge in [-0.1, -0.05) is 45.2 Å². The molecule has 2 atom stereocenters. The van der Waals surface area contributed by atoms with Crippen LogP contribution in [0.15, 0.2) is 24.3 Å². The van der Waals surface area contributed by atoms with Crippen LogP contribution in [0.4, 0.5) is 5.69 Å². The Bertz CT molecular complexity index is 399. The van der Waals surface area contributed by atoms with E-state index in [0.717, 1.165) is 18.9 Å². The van der Waals surface area contributed by atoms with Crippen molar-refractivity contribution in [3.05, 3.63) is 29.8 Å². The number of rotatable bonds is 6. The van der Waals surface area contributed by atoms with Crippen molar-refractivity contribution in [1.82, 2.24) is 5.32 Å². The van der Waals surface area contributed by atoms with E-state index >= 15 is 0 Å². The van der Waals surface area contributed by atoms with E-state index in [4.69, 9.17) is 0 Å². The topological polar surface area (TPSA) is 15.3 Å². The predicted octanol–water partition coefficient (Wildman–Crippen LogP) is 4.24. The molecule has 0 spiro atoms. The van der Waals surface area contributed by atoms with Crippen LogP contribution >= 0.6 is 0 Å². The normalized spacial score (nSPS) is 22.8. The van der Waals surface area contributed by atoms with Crippen LogP contribution in [0.2, 0.25) is 0 Å². The molecule has 2 unspecified atom stereocenters. The summed E-state index contributed by atoms with van der Waals surface area (Å²) in [7, 11) is 2.24. The zero-order chi connectivity index (χ0) is 15.1. The minimum absolute atomic E-state index is 0.704. The molecule has 2 heteroatoms. The molecule has 0 bridgehead atoms. The summed E-state index contributed by atoms with van der Waals surface area (Å²) in [6.45, 7) is 6.71. The molecule has 0 amide bonds. The molecular weight excluding hydrogens is 256 g/mol. The van der Waals surface area contributed by atoms with Gasteiger partial charge in [0.2, 0.25) is 0 Å². The second-order valence-corrected chi connectivity index (χ2v) is 6.46. The van der Waals surface area contributed by atoms with Gasteiger partial charge in [0, 0.05) is 25.3 Å². The minimum atomic E-state index is 0.704. The molecule has 0 heterocycles. The Labute approximate surface area is 130 Å². The molecule has 0 aliphatic heterocycles. The monoisotopic (exact) mass is 288 g/mol. The highest BCUT2D eigenvalue weighted by molar-refractivity contribution is 5.47. The maximum absolute atomic E-state index is 3.72. The first kappa shape index (κ1) is 16.4. The van der Waals surface area contributed by atoms with E-state index in [1.165, 1.54) is 49.9 Å². The number of hydrogen-bond donors (Lipinski definition) is 1. The van der Waals surface area contributed by atoms with Gasteiger partial charge in [0.05, 0.1) is 0 Å². The van der Waals surface area contributed by atoms with Gasteiger partial charge in [-0.15, -0.1) is 0 Å². The Morgan fingerprint density at radius 2 is 1.76 bits per heavy atom. The van der Waals surface area contributed by atoms with Gasteiger partial charge in [-0.05, 0) is 49.4 Å². The smallest absolute Gasteiger partial charge is 0.0363 e. The summed E-state index contributed by atoms with van der Waals surface area (Å²) < 4.78 is 0. The number of nitrogens with zero attached hydrogens (tertiary/aromatic N) is 1. The molecule has 1 aliphatic rings. The lowest BCUT2D eigenvalue weighted by molar-refractivity contribution is 0.343. The molecule has 0 radical (unpaired) electrons. The van der Waals surface area contributed by atoms with E-state index in [1.807, 2.05) is 0 Å². The number of aryl methyl sites for hydroxylation is 1. The maximum atomic E-state index is 3.72. The van der Waals surface area contributed by atoms with Gasteiger partial charge < -0.3 is 10.2 Å². The summed E-state index contributed by atoms with van der Waals surface area (Å²) in [5.74, 6) is 0.781. The lowest BCUT2D eigenvalue weighted by Gasteiger charge is -2.31. The molecule has 118 valence electrons. The Hall–Kier alpha value is -1.02. The van der Waals surface area contributed by atoms with E-state index in [0.29, 0.717) is 6.04 Å². The van der Waals surface area contributed by atoms with E-state index < -0.39 is 0 Å². The highest BCUT2D eigenvalue weighted by Gasteiger charge is 2.24. The van der Waals surface area contributed by atoms with Gasteiger partial charge in [-0.25, -0.2) is 0 Å². The second-order valence-electron chi connectivity index (χ2n) is 6.46. The summed E-state index contributed by atoms with van der Waals surface area (Å²) in [6.07, 6.45) is 8.04. The molecule has 2 nitrogen and oxygen atoms in total. The van der Waals surface area contributed by atoms with Gasteiger partial charge >= 0.3 is 0 Å². The van der Waals surface area contributed by atoms with E-state index in [9.17, 15) is 0 Å². The first-order chi connectivity index (χ1) is 10.2. The highest BCUT2D eigenvalue weighted by Crippen LogP contribution is 2.26. The molecule has 1 aromatic carbocycles. The van der Waals surface area contributed by atoms with Gasteiger partial charge in [0.25, 0.3) is 0 Å². The van der Waals surface area contributed by atoms with Crippen molar-refractivity contribution in [2.45, 2.75) is 58.4 Å². The van der Waals surface area contributed by atoms with Crippen LogP contribution in [0.3, 0.4) is 0 Å². The number of benzene rings is 1. The Morgan fingerprint density at radius 3 is 2.43 bits per heavy atom. The molecule has 0 saturated heterocycles. The third-order valence-electron chi connectivity index (χ3n) is 4.92. The SMILES string of the molecule is CCNC1CCCCCC1CN(C)c1ccc(CC)cc1. The zero-order valence-corrected chi connectivity index (χ0v) is 14.1. The molecule has 0 aromatic heterocycles. The van der Waals surface area contributed by atoms with Gasteiger partial charge in [-0.3, -0.25) is 0 Å². The van der Waals surface area contributed by atoms with Gasteiger partial charge in [0.15, 0.2) is 0 Å². The van der Waals surface area contributed by atoms with Crippen LogP contribution in [-0.4, -0.2) is 26.2 Å². The van der Waals surface area contributed by atoms with Crippen LogP contribution in [0, 0.1) is 5.92 Å². The van der Waals surface area contributed by atoms with Gasteiger partial charge in [0.1, 0.15) is 0 Å². The fraction of sp³-hybridized carbons (Fsp3) is 0.684. The van der Waals surface area contributed by atoms with Crippen LogP contribution in [-0.2, 0) is 6.42 Å². The van der Waals surface area contributed by atoms with Crippen molar-refractivity contribution < 1.29 is 0 Å². The van der Waals surface area contributed by atoms with Crippen molar-refractivity contribution >= 4 is 5.69 Å². The molecular formula is C19H32N2. The Kier molecular flexibility index (Phi) is 6.56. The van der Waals surface area contributed by atoms with E-state index in [1.54, 1.807) is 0 Å².